The summed E-state index contributed by atoms with van der Waals surface area (Å²) in [4.78, 5) is 3.99. The molecule has 0 spiro atoms. The molecular weight excluding hydrogens is 291 g/mol. The maximum atomic E-state index is 12.7. The van der Waals surface area contributed by atoms with Crippen LogP contribution in [0.25, 0.3) is 6.08 Å². The van der Waals surface area contributed by atoms with Crippen LogP contribution in [0, 0.1) is 0 Å². The third-order valence-corrected chi connectivity index (χ3v) is 2.78. The molecule has 0 N–H and O–H groups in total. The lowest BCUT2D eigenvalue weighted by atomic mass is 10.2. The van der Waals surface area contributed by atoms with E-state index in [0.717, 1.165) is 12.1 Å². The highest BCUT2D eigenvalue weighted by Gasteiger charge is 2.33. The van der Waals surface area contributed by atoms with Crippen LogP contribution >= 0.6 is 11.6 Å². The van der Waals surface area contributed by atoms with Crippen molar-refractivity contribution in [3.05, 3.63) is 59.4 Å². The Balaban J connectivity index is 2.27. The van der Waals surface area contributed by atoms with E-state index in [1.54, 1.807) is 18.2 Å². The van der Waals surface area contributed by atoms with Crippen LogP contribution in [0.3, 0.4) is 0 Å². The third-order valence-electron chi connectivity index (χ3n) is 2.45. The van der Waals surface area contributed by atoms with Crippen molar-refractivity contribution in [2.24, 2.45) is 0 Å². The van der Waals surface area contributed by atoms with E-state index in [9.17, 15) is 13.2 Å². The van der Waals surface area contributed by atoms with E-state index in [1.807, 2.05) is 0 Å². The van der Waals surface area contributed by atoms with Crippen molar-refractivity contribution in [3.8, 4) is 11.5 Å². The van der Waals surface area contributed by atoms with Gasteiger partial charge in [0.2, 0.25) is 0 Å². The van der Waals surface area contributed by atoms with Gasteiger partial charge in [-0.15, -0.1) is 0 Å². The Labute approximate surface area is 118 Å². The minimum atomic E-state index is -4.53. The molecule has 1 heterocycles. The molecule has 0 atom stereocenters. The molecule has 0 fully saturated rings. The highest BCUT2D eigenvalue weighted by molar-refractivity contribution is 6.31. The second-order valence-electron chi connectivity index (χ2n) is 3.86. The highest BCUT2D eigenvalue weighted by Crippen LogP contribution is 2.37. The number of benzene rings is 1. The SMILES string of the molecule is C=Cc1ccc(Oc2ccc(Cl)c(C(F)(F)F)c2)cn1. The summed E-state index contributed by atoms with van der Waals surface area (Å²) < 4.78 is 43.4. The number of pyridine rings is 1. The molecule has 104 valence electrons. The Morgan fingerprint density at radius 3 is 2.40 bits per heavy atom. The van der Waals surface area contributed by atoms with Crippen molar-refractivity contribution < 1.29 is 17.9 Å². The van der Waals surface area contributed by atoms with Crippen LogP contribution in [-0.4, -0.2) is 4.98 Å². The zero-order chi connectivity index (χ0) is 14.8. The fraction of sp³-hybridized carbons (Fsp3) is 0.0714. The van der Waals surface area contributed by atoms with Gasteiger partial charge < -0.3 is 4.74 Å². The molecule has 1 aromatic heterocycles. The van der Waals surface area contributed by atoms with Gasteiger partial charge in [0.25, 0.3) is 0 Å². The number of hydrogen-bond acceptors (Lipinski definition) is 2. The molecule has 0 unspecified atom stereocenters. The van der Waals surface area contributed by atoms with Crippen LogP contribution in [0.1, 0.15) is 11.3 Å². The smallest absolute Gasteiger partial charge is 0.417 e. The van der Waals surface area contributed by atoms with Crippen LogP contribution in [0.15, 0.2) is 43.1 Å². The molecule has 20 heavy (non-hydrogen) atoms. The van der Waals surface area contributed by atoms with Gasteiger partial charge in [0.1, 0.15) is 11.5 Å². The van der Waals surface area contributed by atoms with Crippen LogP contribution in [-0.2, 0) is 6.18 Å². The summed E-state index contributed by atoms with van der Waals surface area (Å²) in [6.07, 6.45) is -1.58. The molecule has 0 amide bonds. The van der Waals surface area contributed by atoms with Crippen molar-refractivity contribution in [2.45, 2.75) is 6.18 Å². The first kappa shape index (κ1) is 14.4. The largest absolute Gasteiger partial charge is 0.456 e. The van der Waals surface area contributed by atoms with Gasteiger partial charge in [-0.05, 0) is 36.4 Å². The van der Waals surface area contributed by atoms with Crippen molar-refractivity contribution >= 4 is 17.7 Å². The molecule has 0 aliphatic heterocycles. The van der Waals surface area contributed by atoms with Gasteiger partial charge in [0, 0.05) is 0 Å². The van der Waals surface area contributed by atoms with Crippen molar-refractivity contribution in [1.82, 2.24) is 4.98 Å². The summed E-state index contributed by atoms with van der Waals surface area (Å²) in [5, 5.41) is -0.370. The molecular formula is C14H9ClF3NO. The molecule has 0 radical (unpaired) electrons. The number of nitrogens with zero attached hydrogens (tertiary/aromatic N) is 1. The minimum Gasteiger partial charge on any atom is -0.456 e. The first-order valence-corrected chi connectivity index (χ1v) is 5.91. The maximum absolute atomic E-state index is 12.7. The van der Waals surface area contributed by atoms with Crippen LogP contribution in [0.4, 0.5) is 13.2 Å². The predicted molar refractivity (Wildman–Crippen MR) is 70.9 cm³/mol. The molecule has 2 rings (SSSR count). The average Bonchev–Trinajstić information content (AvgIpc) is 2.40. The van der Waals surface area contributed by atoms with Crippen molar-refractivity contribution in [1.29, 1.82) is 0 Å². The lowest BCUT2D eigenvalue weighted by molar-refractivity contribution is -0.137. The van der Waals surface area contributed by atoms with E-state index in [-0.39, 0.29) is 10.8 Å². The average molecular weight is 300 g/mol. The maximum Gasteiger partial charge on any atom is 0.417 e. The molecule has 2 aromatic rings. The zero-order valence-corrected chi connectivity index (χ0v) is 10.9. The molecule has 0 saturated heterocycles. The molecule has 0 saturated carbocycles. The summed E-state index contributed by atoms with van der Waals surface area (Å²) in [5.41, 5.74) is -0.295. The van der Waals surface area contributed by atoms with Crippen LogP contribution < -0.4 is 4.74 Å². The summed E-state index contributed by atoms with van der Waals surface area (Å²) in [6.45, 7) is 3.55. The Bertz CT molecular complexity index is 623. The number of aromatic nitrogens is 1. The third kappa shape index (κ3) is 3.30. The number of hydrogen-bond donors (Lipinski definition) is 0. The van der Waals surface area contributed by atoms with Gasteiger partial charge in [-0.25, -0.2) is 0 Å². The standard InChI is InChI=1S/C14H9ClF3NO/c1-2-9-3-4-11(8-19-9)20-10-5-6-13(15)12(7-10)14(16,17)18/h2-8H,1H2. The molecule has 1 aromatic carbocycles. The summed E-state index contributed by atoms with van der Waals surface area (Å²) in [6, 6.07) is 6.59. The topological polar surface area (TPSA) is 22.1 Å². The fourth-order valence-electron chi connectivity index (χ4n) is 1.49. The van der Waals surface area contributed by atoms with Gasteiger partial charge in [0.05, 0.1) is 22.5 Å². The molecule has 0 aliphatic carbocycles. The fourth-order valence-corrected chi connectivity index (χ4v) is 1.72. The van der Waals surface area contributed by atoms with Crippen molar-refractivity contribution in [3.63, 3.8) is 0 Å². The van der Waals surface area contributed by atoms with E-state index < -0.39 is 11.7 Å². The number of ether oxygens (including phenoxy) is 1. The minimum absolute atomic E-state index is 0.0369. The van der Waals surface area contributed by atoms with Crippen LogP contribution in [0.2, 0.25) is 5.02 Å². The van der Waals surface area contributed by atoms with Gasteiger partial charge in [-0.1, -0.05) is 18.2 Å². The monoisotopic (exact) mass is 299 g/mol. The van der Waals surface area contributed by atoms with E-state index in [0.29, 0.717) is 11.4 Å². The van der Waals surface area contributed by atoms with E-state index in [1.165, 1.54) is 12.3 Å². The molecule has 2 nitrogen and oxygen atoms in total. The van der Waals surface area contributed by atoms with Gasteiger partial charge in [-0.3, -0.25) is 4.98 Å². The second-order valence-corrected chi connectivity index (χ2v) is 4.27. The lowest BCUT2D eigenvalue weighted by Crippen LogP contribution is -2.05. The van der Waals surface area contributed by atoms with Gasteiger partial charge in [-0.2, -0.15) is 13.2 Å². The quantitative estimate of drug-likeness (QED) is 0.778. The number of alkyl halides is 3. The second kappa shape index (κ2) is 5.54. The highest BCUT2D eigenvalue weighted by atomic mass is 35.5. The van der Waals surface area contributed by atoms with Crippen molar-refractivity contribution in [2.75, 3.05) is 0 Å². The zero-order valence-electron chi connectivity index (χ0n) is 10.1. The first-order chi connectivity index (χ1) is 9.40. The van der Waals surface area contributed by atoms with E-state index in [4.69, 9.17) is 16.3 Å². The Morgan fingerprint density at radius 2 is 1.85 bits per heavy atom. The van der Waals surface area contributed by atoms with Gasteiger partial charge >= 0.3 is 6.18 Å². The first-order valence-electron chi connectivity index (χ1n) is 5.53. The molecule has 0 bridgehead atoms. The molecule has 6 heteroatoms. The van der Waals surface area contributed by atoms with E-state index >= 15 is 0 Å². The number of rotatable bonds is 3. The lowest BCUT2D eigenvalue weighted by Gasteiger charge is -2.11. The normalized spacial score (nSPS) is 11.2. The van der Waals surface area contributed by atoms with Crippen LogP contribution in [0.5, 0.6) is 11.5 Å². The summed E-state index contributed by atoms with van der Waals surface area (Å²) in [7, 11) is 0. The summed E-state index contributed by atoms with van der Waals surface area (Å²) >= 11 is 5.52. The van der Waals surface area contributed by atoms with E-state index in [2.05, 4.69) is 11.6 Å². The summed E-state index contributed by atoms with van der Waals surface area (Å²) in [5.74, 6) is 0.362. The Morgan fingerprint density at radius 1 is 1.15 bits per heavy atom. The Kier molecular flexibility index (Phi) is 3.99. The predicted octanol–water partition coefficient (Wildman–Crippen LogP) is 5.19. The van der Waals surface area contributed by atoms with Gasteiger partial charge in [0.15, 0.2) is 0 Å². The number of halogens is 4. The molecule has 0 aliphatic rings. The Hall–Kier alpha value is -2.01.